The van der Waals surface area contributed by atoms with Crippen molar-refractivity contribution in [1.82, 2.24) is 20.9 Å². The van der Waals surface area contributed by atoms with Crippen molar-refractivity contribution in [2.45, 2.75) is 49.9 Å². The van der Waals surface area contributed by atoms with E-state index in [1.165, 1.54) is 0 Å². The fourth-order valence-corrected chi connectivity index (χ4v) is 4.73. The molecule has 8 heteroatoms. The number of rotatable bonds is 5. The van der Waals surface area contributed by atoms with E-state index in [2.05, 4.69) is 20.9 Å². The molecule has 1 aromatic carbocycles. The Hall–Kier alpha value is -1.08. The normalized spacial score (nSPS) is 27.2. The van der Waals surface area contributed by atoms with E-state index >= 15 is 4.39 Å². The number of alkyl halides is 1. The Kier molecular flexibility index (Phi) is 7.42. The van der Waals surface area contributed by atoms with Crippen molar-refractivity contribution in [2.75, 3.05) is 33.2 Å². The molecular formula is C20H29Cl2FN4O. The molecule has 3 N–H and O–H groups in total. The van der Waals surface area contributed by atoms with Crippen LogP contribution in [0.2, 0.25) is 10.0 Å². The van der Waals surface area contributed by atoms with Crippen LogP contribution in [-0.2, 0) is 0 Å². The Morgan fingerprint density at radius 3 is 2.64 bits per heavy atom. The third kappa shape index (κ3) is 5.29. The fraction of sp³-hybridized carbons (Fsp3) is 0.650. The lowest BCUT2D eigenvalue weighted by molar-refractivity contribution is 0.0394. The highest BCUT2D eigenvalue weighted by atomic mass is 35.5. The van der Waals surface area contributed by atoms with Crippen LogP contribution in [0.25, 0.3) is 0 Å². The van der Waals surface area contributed by atoms with Gasteiger partial charge in [-0.25, -0.2) is 9.18 Å². The maximum atomic E-state index is 15.8. The Labute approximate surface area is 176 Å². The number of piperazine rings is 1. The first-order valence-electron chi connectivity index (χ1n) is 9.98. The van der Waals surface area contributed by atoms with Crippen molar-refractivity contribution in [2.24, 2.45) is 0 Å². The number of halogens is 3. The van der Waals surface area contributed by atoms with Crippen LogP contribution in [0.4, 0.5) is 9.18 Å². The lowest BCUT2D eigenvalue weighted by Crippen LogP contribution is -2.48. The van der Waals surface area contributed by atoms with Gasteiger partial charge in [-0.05, 0) is 37.3 Å². The van der Waals surface area contributed by atoms with Crippen molar-refractivity contribution in [3.63, 3.8) is 0 Å². The molecule has 0 aromatic heterocycles. The molecule has 0 spiro atoms. The van der Waals surface area contributed by atoms with Gasteiger partial charge in [0, 0.05) is 51.7 Å². The summed E-state index contributed by atoms with van der Waals surface area (Å²) < 4.78 is 15.8. The SMILES string of the molecule is CNC(=O)NC1CCC(F)(CC(c2cccc(Cl)c2Cl)N2CCNCC2)CC1. The largest absolute Gasteiger partial charge is 0.341 e. The summed E-state index contributed by atoms with van der Waals surface area (Å²) in [5.74, 6) is 0. The summed E-state index contributed by atoms with van der Waals surface area (Å²) in [6.07, 6.45) is 2.54. The maximum Gasteiger partial charge on any atom is 0.314 e. The topological polar surface area (TPSA) is 56.4 Å². The molecule has 0 radical (unpaired) electrons. The summed E-state index contributed by atoms with van der Waals surface area (Å²) in [7, 11) is 1.59. The Bertz CT molecular complexity index is 676. The molecule has 156 valence electrons. The summed E-state index contributed by atoms with van der Waals surface area (Å²) in [5, 5.41) is 9.83. The summed E-state index contributed by atoms with van der Waals surface area (Å²) in [6, 6.07) is 5.32. The molecule has 0 bridgehead atoms. The van der Waals surface area contributed by atoms with E-state index in [4.69, 9.17) is 23.2 Å². The maximum absolute atomic E-state index is 15.8. The van der Waals surface area contributed by atoms with Gasteiger partial charge in [0.25, 0.3) is 0 Å². The van der Waals surface area contributed by atoms with Crippen molar-refractivity contribution in [3.05, 3.63) is 33.8 Å². The lowest BCUT2D eigenvalue weighted by Gasteiger charge is -2.41. The molecule has 5 nitrogen and oxygen atoms in total. The molecule has 1 saturated heterocycles. The van der Waals surface area contributed by atoms with Gasteiger partial charge in [-0.15, -0.1) is 0 Å². The van der Waals surface area contributed by atoms with Gasteiger partial charge < -0.3 is 16.0 Å². The summed E-state index contributed by atoms with van der Waals surface area (Å²) in [5.41, 5.74) is -0.374. The predicted molar refractivity (Wildman–Crippen MR) is 112 cm³/mol. The zero-order valence-corrected chi connectivity index (χ0v) is 17.8. The second kappa shape index (κ2) is 9.61. The van der Waals surface area contributed by atoms with E-state index < -0.39 is 5.67 Å². The van der Waals surface area contributed by atoms with Crippen molar-refractivity contribution in [1.29, 1.82) is 0 Å². The van der Waals surface area contributed by atoms with Gasteiger partial charge in [-0.1, -0.05) is 35.3 Å². The van der Waals surface area contributed by atoms with Gasteiger partial charge in [-0.2, -0.15) is 0 Å². The van der Waals surface area contributed by atoms with Gasteiger partial charge in [0.1, 0.15) is 5.67 Å². The van der Waals surface area contributed by atoms with Crippen LogP contribution in [0.5, 0.6) is 0 Å². The second-order valence-electron chi connectivity index (χ2n) is 7.80. The molecule has 1 saturated carbocycles. The monoisotopic (exact) mass is 430 g/mol. The number of urea groups is 1. The average Bonchev–Trinajstić information content (AvgIpc) is 2.71. The third-order valence-corrected chi connectivity index (χ3v) is 6.77. The van der Waals surface area contributed by atoms with E-state index in [1.54, 1.807) is 13.1 Å². The molecular weight excluding hydrogens is 402 g/mol. The van der Waals surface area contributed by atoms with Gasteiger partial charge >= 0.3 is 6.03 Å². The van der Waals surface area contributed by atoms with Crippen molar-refractivity contribution in [3.8, 4) is 0 Å². The Morgan fingerprint density at radius 2 is 2.00 bits per heavy atom. The van der Waals surface area contributed by atoms with E-state index in [-0.39, 0.29) is 18.1 Å². The number of nitrogens with one attached hydrogen (secondary N) is 3. The van der Waals surface area contributed by atoms with E-state index in [0.29, 0.717) is 42.1 Å². The number of carbonyl (C=O) groups excluding carboxylic acids is 1. The van der Waals surface area contributed by atoms with E-state index in [1.807, 2.05) is 12.1 Å². The minimum absolute atomic E-state index is 0.0243. The molecule has 2 fully saturated rings. The van der Waals surface area contributed by atoms with Crippen LogP contribution in [-0.4, -0.2) is 55.9 Å². The highest BCUT2D eigenvalue weighted by molar-refractivity contribution is 6.42. The minimum Gasteiger partial charge on any atom is -0.341 e. The Balaban J connectivity index is 1.74. The highest BCUT2D eigenvalue weighted by Crippen LogP contribution is 2.43. The van der Waals surface area contributed by atoms with Crippen molar-refractivity contribution >= 4 is 29.2 Å². The molecule has 28 heavy (non-hydrogen) atoms. The van der Waals surface area contributed by atoms with Crippen LogP contribution in [0.3, 0.4) is 0 Å². The number of hydrogen-bond donors (Lipinski definition) is 3. The van der Waals surface area contributed by atoms with Crippen LogP contribution >= 0.6 is 23.2 Å². The molecule has 1 aliphatic carbocycles. The summed E-state index contributed by atoms with van der Waals surface area (Å²) in [6.45, 7) is 3.47. The molecule has 1 aliphatic heterocycles. The van der Waals surface area contributed by atoms with Crippen LogP contribution in [0.1, 0.15) is 43.7 Å². The molecule has 1 unspecified atom stereocenters. The molecule has 3 rings (SSSR count). The highest BCUT2D eigenvalue weighted by Gasteiger charge is 2.40. The molecule has 1 aromatic rings. The zero-order valence-electron chi connectivity index (χ0n) is 16.2. The van der Waals surface area contributed by atoms with Gasteiger partial charge in [0.2, 0.25) is 0 Å². The number of hydrogen-bond acceptors (Lipinski definition) is 3. The van der Waals surface area contributed by atoms with Crippen molar-refractivity contribution < 1.29 is 9.18 Å². The average molecular weight is 431 g/mol. The van der Waals surface area contributed by atoms with E-state index in [9.17, 15) is 4.79 Å². The fourth-order valence-electron chi connectivity index (χ4n) is 4.30. The van der Waals surface area contributed by atoms with E-state index in [0.717, 1.165) is 31.7 Å². The summed E-state index contributed by atoms with van der Waals surface area (Å²) in [4.78, 5) is 13.8. The lowest BCUT2D eigenvalue weighted by atomic mass is 9.78. The minimum atomic E-state index is -1.28. The van der Waals surface area contributed by atoms with Crippen LogP contribution in [0, 0.1) is 0 Å². The predicted octanol–water partition coefficient (Wildman–Crippen LogP) is 3.91. The number of carbonyl (C=O) groups is 1. The Morgan fingerprint density at radius 1 is 1.32 bits per heavy atom. The third-order valence-electron chi connectivity index (χ3n) is 5.94. The quantitative estimate of drug-likeness (QED) is 0.663. The van der Waals surface area contributed by atoms with Crippen LogP contribution < -0.4 is 16.0 Å². The van der Waals surface area contributed by atoms with Gasteiger partial charge in [0.05, 0.1) is 10.0 Å². The van der Waals surface area contributed by atoms with Gasteiger partial charge in [0.15, 0.2) is 0 Å². The first-order valence-corrected chi connectivity index (χ1v) is 10.7. The standard InChI is InChI=1S/C20H29Cl2FN4O/c1-24-19(28)26-14-5-7-20(23,8-6-14)13-17(27-11-9-25-10-12-27)15-3-2-4-16(21)18(15)22/h2-4,14,17,25H,5-13H2,1H3,(H2,24,26,28). The number of benzene rings is 1. The zero-order chi connectivity index (χ0) is 20.1. The first-order chi connectivity index (χ1) is 13.4. The molecule has 2 amide bonds. The second-order valence-corrected chi connectivity index (χ2v) is 8.58. The molecule has 1 atom stereocenters. The van der Waals surface area contributed by atoms with Gasteiger partial charge in [-0.3, -0.25) is 4.90 Å². The molecule has 2 aliphatic rings. The summed E-state index contributed by atoms with van der Waals surface area (Å²) >= 11 is 12.8. The smallest absolute Gasteiger partial charge is 0.314 e. The van der Waals surface area contributed by atoms with Crippen LogP contribution in [0.15, 0.2) is 18.2 Å². The first kappa shape index (κ1) is 21.6. The number of amides is 2. The number of nitrogens with zero attached hydrogens (tertiary/aromatic N) is 1. The molecule has 1 heterocycles.